The van der Waals surface area contributed by atoms with Gasteiger partial charge in [-0.3, -0.25) is 4.21 Å². The first-order chi connectivity index (χ1) is 17.6. The average molecular weight is 2270 g/mol. The molecule has 1 aliphatic carbocycles. The summed E-state index contributed by atoms with van der Waals surface area (Å²) in [7, 11) is -44.4. The second-order valence-corrected chi connectivity index (χ2v) is 15.2. The molecule has 0 aliphatic heterocycles. The van der Waals surface area contributed by atoms with Crippen molar-refractivity contribution < 1.29 is 440 Å². The van der Waals surface area contributed by atoms with Crippen LogP contribution in [0.15, 0.2) is 0 Å². The van der Waals surface area contributed by atoms with E-state index in [0.717, 1.165) is 0 Å². The molecule has 0 aromatic rings. The Bertz CT molecular complexity index is 1080. The first-order valence-electron chi connectivity index (χ1n) is 8.46. The van der Waals surface area contributed by atoms with Gasteiger partial charge < -0.3 is 122 Å². The Morgan fingerprint density at radius 3 is 0.400 bits per heavy atom. The molecule has 27 nitrogen and oxygen atoms in total. The molecule has 0 spiro atoms. The fourth-order valence-corrected chi connectivity index (χ4v) is 5.96. The van der Waals surface area contributed by atoms with Crippen LogP contribution in [0.3, 0.4) is 0 Å². The molecule has 0 saturated heterocycles. The summed E-state index contributed by atoms with van der Waals surface area (Å²) in [6, 6.07) is 0. The van der Waals surface area contributed by atoms with Gasteiger partial charge in [0.2, 0.25) is 0 Å². The number of phosphoric acid groups is 6. The summed E-state index contributed by atoms with van der Waals surface area (Å²) in [5, 5.41) is 0. The van der Waals surface area contributed by atoms with Gasteiger partial charge in [0.1, 0.15) is 36.6 Å². The van der Waals surface area contributed by atoms with Crippen LogP contribution < -0.4 is 58.7 Å². The van der Waals surface area contributed by atoms with Gasteiger partial charge in [-0.25, -0.2) is 0 Å². The summed E-state index contributed by atoms with van der Waals surface area (Å²) in [5.41, 5.74) is 0. The summed E-state index contributed by atoms with van der Waals surface area (Å²) in [4.78, 5) is 133. The summed E-state index contributed by atoms with van der Waals surface area (Å²) in [5.74, 6) is 0. The Labute approximate surface area is 533 Å². The predicted molar refractivity (Wildman–Crippen MR) is 91.9 cm³/mol. The van der Waals surface area contributed by atoms with Crippen molar-refractivity contribution in [2.45, 2.75) is 36.6 Å². The zero-order valence-electron chi connectivity index (χ0n) is 22.2. The number of phosphoric ester groups is 6. The second kappa shape index (κ2) is 45.2. The average Bonchev–Trinajstić information content (AvgIpc) is 2.56. The molecule has 1 rings (SSSR count). The van der Waals surface area contributed by atoms with Crippen molar-refractivity contribution in [3.05, 3.63) is 0 Å². The van der Waals surface area contributed by atoms with Crippen molar-refractivity contribution in [3.63, 3.8) is 0 Å². The van der Waals surface area contributed by atoms with Gasteiger partial charge in [0.25, 0.3) is 0 Å². The zero-order chi connectivity index (χ0) is 33.2. The fourth-order valence-electron chi connectivity index (χ4n) is 2.74. The van der Waals surface area contributed by atoms with Crippen LogP contribution in [0.2, 0.25) is 0 Å². The monoisotopic (exact) mass is 2260 g/mol. The van der Waals surface area contributed by atoms with E-state index in [1.807, 2.05) is 0 Å². The van der Waals surface area contributed by atoms with Crippen LogP contribution in [-0.2, 0) is 388 Å². The quantitative estimate of drug-likeness (QED) is 0.129. The van der Waals surface area contributed by atoms with E-state index < -0.39 is 92.6 Å². The molecule has 0 bridgehead atoms. The van der Waals surface area contributed by atoms with E-state index in [1.165, 1.54) is 0 Å². The van der Waals surface area contributed by atoms with Crippen molar-refractivity contribution in [2.24, 2.45) is 0 Å². The minimum Gasteiger partial charge on any atom is -0.790 e. The van der Waals surface area contributed by atoms with E-state index in [1.54, 1.807) is 0 Å². The Hall–Kier alpha value is 11.3. The molecular weight excluding hydrogens is 2260 g/mol. The number of rotatable bonds is 12. The third-order valence-electron chi connectivity index (χ3n) is 3.45. The third kappa shape index (κ3) is 61.4. The first-order valence-corrected chi connectivity index (χ1v) is 19.6. The molecule has 49 heteroatoms. The molecule has 0 N–H and O–H groups in total. The maximum absolute atomic E-state index is 11.1. The van der Waals surface area contributed by atoms with Crippen LogP contribution in [0, 0.1) is 0 Å². The summed E-state index contributed by atoms with van der Waals surface area (Å²) < 4.78 is 115. The van der Waals surface area contributed by atoms with Crippen LogP contribution in [0.25, 0.3) is 0 Å². The SMILES string of the molecule is O=P([O-])([O-])OC1C(OP(=O)([O-])[O-])C(OP(=O)([O-])[O-])C(OP(=O)([O-])[O-])C(OP(=O)([O-])[O-])C1OP(=O)([O-])[O-].O=S([O-])([O-])=S.[Ag+].[Ag+].[Ag+].[Ag+].[Ag+].[Ag+].[Ag+].[Ag+].[Ag+].[Ag+].[Ag+].[Ag+].[Ag+].[Ag+]. The largest absolute Gasteiger partial charge is 1.00 e. The Balaban J connectivity index is -0.0000000608. The van der Waals surface area contributed by atoms with Crippen LogP contribution in [0.5, 0.6) is 0 Å². The maximum atomic E-state index is 11.1. The van der Waals surface area contributed by atoms with Gasteiger partial charge in [-0.15, -0.1) is 9.05 Å². The molecule has 0 unspecified atom stereocenters. The van der Waals surface area contributed by atoms with E-state index in [0.29, 0.717) is 0 Å². The Morgan fingerprint density at radius 2 is 0.364 bits per heavy atom. The minimum absolute atomic E-state index is 0. The van der Waals surface area contributed by atoms with E-state index in [2.05, 4.69) is 38.3 Å². The number of hydrogen-bond acceptors (Lipinski definition) is 28. The molecule has 1 fully saturated rings. The molecule has 0 radical (unpaired) electrons. The minimum atomic E-state index is -6.68. The van der Waals surface area contributed by atoms with Gasteiger partial charge in [-0.1, -0.05) is 0 Å². The molecular formula is C6H6Ag14O27P6S2. The van der Waals surface area contributed by atoms with Gasteiger partial charge in [0, 0.05) is 0 Å². The fraction of sp³-hybridized carbons (Fsp3) is 1.00. The summed E-state index contributed by atoms with van der Waals surface area (Å²) in [6.07, 6.45) is -21.5. The van der Waals surface area contributed by atoms with Crippen molar-refractivity contribution in [2.75, 3.05) is 0 Å². The Kier molecular flexibility index (Phi) is 88.3. The normalized spacial score (nSPS) is 20.3. The van der Waals surface area contributed by atoms with Crippen molar-refractivity contribution in [3.8, 4) is 0 Å². The standard InChI is InChI=1S/C6H18O24P6.14Ag.H2O3S2/c7-31(8,9)25-1-2(26-32(10,11)12)4(28-34(16,17)18)6(30-36(22,23)24)5(29-35(19,20)21)3(1)27-33(13,14)15;;;;;;;;;;;;;;;1-5(2,3)4/h1-6H,(H2,7,8,9)(H2,10,11,12)(H2,13,14,15)(H2,16,17,18)(H2,19,20,21)(H2,22,23,24);;;;;;;;;;;;;;;(H2,1,2,3,4)/q;14*+1;/p-14. The molecule has 55 heavy (non-hydrogen) atoms. The van der Waals surface area contributed by atoms with Gasteiger partial charge in [0.05, 0.1) is 46.9 Å². The van der Waals surface area contributed by atoms with Gasteiger partial charge >= 0.3 is 313 Å². The van der Waals surface area contributed by atoms with Gasteiger partial charge in [-0.05, 0) is 11.2 Å². The molecule has 1 saturated carbocycles. The molecule has 0 heterocycles. The van der Waals surface area contributed by atoms with Crippen LogP contribution >= 0.6 is 46.9 Å². The molecule has 1 aliphatic rings. The topological polar surface area (TPSA) is 498 Å². The van der Waals surface area contributed by atoms with E-state index in [9.17, 15) is 86.1 Å². The van der Waals surface area contributed by atoms with E-state index in [-0.39, 0.29) is 313 Å². The van der Waals surface area contributed by atoms with Crippen molar-refractivity contribution >= 4 is 67.2 Å². The van der Waals surface area contributed by atoms with E-state index >= 15 is 0 Å². The Morgan fingerprint density at radius 1 is 0.309 bits per heavy atom. The molecule has 0 aromatic carbocycles. The zero-order valence-corrected chi connectivity index (χ0v) is 50.0. The molecule has 0 atom stereocenters. The van der Waals surface area contributed by atoms with Crippen LogP contribution in [-0.4, -0.2) is 49.9 Å². The van der Waals surface area contributed by atoms with E-state index in [4.69, 9.17) is 13.3 Å². The van der Waals surface area contributed by atoms with Crippen LogP contribution in [0.1, 0.15) is 0 Å². The number of hydrogen-bond donors (Lipinski definition) is 0. The molecule has 0 aromatic heterocycles. The van der Waals surface area contributed by atoms with Crippen molar-refractivity contribution in [1.82, 2.24) is 0 Å². The second-order valence-electron chi connectivity index (χ2n) is 6.51. The van der Waals surface area contributed by atoms with Crippen molar-refractivity contribution in [1.29, 1.82) is 0 Å². The first kappa shape index (κ1) is 107. The van der Waals surface area contributed by atoms with Gasteiger partial charge in [-0.2, -0.15) is 0 Å². The van der Waals surface area contributed by atoms with Gasteiger partial charge in [0.15, 0.2) is 0 Å². The summed E-state index contributed by atoms with van der Waals surface area (Å²) >= 11 is 3.24. The molecule has 0 amide bonds. The summed E-state index contributed by atoms with van der Waals surface area (Å²) in [6.45, 7) is 0. The smallest absolute Gasteiger partial charge is 0.790 e. The van der Waals surface area contributed by atoms with Crippen LogP contribution in [0.4, 0.5) is 0 Å². The third-order valence-corrected chi connectivity index (χ3v) is 6.46. The maximum Gasteiger partial charge on any atom is 1.00 e. The predicted octanol–water partition coefficient (Wildman–Crippen LogP) is -11.8. The molecule has 388 valence electrons.